The Labute approximate surface area is 168 Å². The van der Waals surface area contributed by atoms with Crippen molar-refractivity contribution in [2.45, 2.75) is 43.0 Å². The zero-order chi connectivity index (χ0) is 22.6. The SMILES string of the molecule is CC(C)S(=O)(=O)c1cc(C(F)(F)F)cnc1-c1nc2cc(C(C)(F)F)cnc2n1C. The van der Waals surface area contributed by atoms with Gasteiger partial charge >= 0.3 is 6.18 Å². The lowest BCUT2D eigenvalue weighted by molar-refractivity contribution is -0.138. The third-order valence-electron chi connectivity index (χ3n) is 4.53. The molecule has 0 spiro atoms. The zero-order valence-electron chi connectivity index (χ0n) is 16.3. The van der Waals surface area contributed by atoms with Crippen LogP contribution in [0.15, 0.2) is 29.4 Å². The number of pyridine rings is 2. The van der Waals surface area contributed by atoms with Gasteiger partial charge in [0.15, 0.2) is 21.3 Å². The number of hydrogen-bond donors (Lipinski definition) is 0. The van der Waals surface area contributed by atoms with Crippen molar-refractivity contribution < 1.29 is 30.4 Å². The molecule has 0 radical (unpaired) electrons. The van der Waals surface area contributed by atoms with Gasteiger partial charge in [0, 0.05) is 31.9 Å². The van der Waals surface area contributed by atoms with Gasteiger partial charge in [-0.1, -0.05) is 0 Å². The summed E-state index contributed by atoms with van der Waals surface area (Å²) in [6, 6.07) is 1.60. The molecule has 0 unspecified atom stereocenters. The van der Waals surface area contributed by atoms with E-state index < -0.39 is 43.2 Å². The van der Waals surface area contributed by atoms with Gasteiger partial charge in [-0.3, -0.25) is 4.98 Å². The van der Waals surface area contributed by atoms with Gasteiger partial charge in [0.2, 0.25) is 0 Å². The number of nitrogens with zero attached hydrogens (tertiary/aromatic N) is 4. The van der Waals surface area contributed by atoms with Gasteiger partial charge in [-0.25, -0.2) is 27.2 Å². The van der Waals surface area contributed by atoms with Gasteiger partial charge in [0.1, 0.15) is 11.2 Å². The van der Waals surface area contributed by atoms with Crippen LogP contribution in [0.2, 0.25) is 0 Å². The van der Waals surface area contributed by atoms with Crippen LogP contribution in [0.5, 0.6) is 0 Å². The summed E-state index contributed by atoms with van der Waals surface area (Å²) in [6.07, 6.45) is -3.34. The third kappa shape index (κ3) is 3.75. The average Bonchev–Trinajstić information content (AvgIpc) is 2.95. The number of alkyl halides is 5. The van der Waals surface area contributed by atoms with Crippen molar-refractivity contribution in [2.75, 3.05) is 0 Å². The van der Waals surface area contributed by atoms with Gasteiger partial charge in [-0.05, 0) is 26.0 Å². The molecule has 3 aromatic heterocycles. The van der Waals surface area contributed by atoms with Crippen LogP contribution in [-0.4, -0.2) is 33.2 Å². The standard InChI is InChI=1S/C18H17F5N4O2S/c1-9(2)30(28,29)13-6-11(18(21,22)23)8-24-14(13)16-26-12-5-10(17(3,19)20)7-25-15(12)27(16)4/h5-9H,1-4H3. The number of rotatable bonds is 4. The third-order valence-corrected chi connectivity index (χ3v) is 6.70. The summed E-state index contributed by atoms with van der Waals surface area (Å²) in [5, 5.41) is -1.03. The summed E-state index contributed by atoms with van der Waals surface area (Å²) < 4.78 is 93.5. The largest absolute Gasteiger partial charge is 0.417 e. The predicted molar refractivity (Wildman–Crippen MR) is 98.6 cm³/mol. The maximum atomic E-state index is 13.6. The Morgan fingerprint density at radius 3 is 2.13 bits per heavy atom. The first-order chi connectivity index (χ1) is 13.6. The minimum absolute atomic E-state index is 0.0288. The molecule has 0 aliphatic heterocycles. The van der Waals surface area contributed by atoms with Crippen LogP contribution in [0, 0.1) is 0 Å². The highest BCUT2D eigenvalue weighted by molar-refractivity contribution is 7.92. The summed E-state index contributed by atoms with van der Waals surface area (Å²) in [5.74, 6) is -3.29. The first-order valence-electron chi connectivity index (χ1n) is 8.66. The number of fused-ring (bicyclic) bond motifs is 1. The van der Waals surface area contributed by atoms with Crippen LogP contribution in [0.1, 0.15) is 31.9 Å². The van der Waals surface area contributed by atoms with E-state index in [1.807, 2.05) is 0 Å². The summed E-state index contributed by atoms with van der Waals surface area (Å²) >= 11 is 0. The summed E-state index contributed by atoms with van der Waals surface area (Å²) in [4.78, 5) is 11.2. The number of aryl methyl sites for hydroxylation is 1. The van der Waals surface area contributed by atoms with Gasteiger partial charge in [0.05, 0.1) is 15.7 Å². The highest BCUT2D eigenvalue weighted by Crippen LogP contribution is 2.36. The second-order valence-electron chi connectivity index (χ2n) is 7.11. The average molecular weight is 448 g/mol. The van der Waals surface area contributed by atoms with E-state index in [1.165, 1.54) is 25.5 Å². The fraction of sp³-hybridized carbons (Fsp3) is 0.389. The van der Waals surface area contributed by atoms with Crippen LogP contribution in [0.3, 0.4) is 0 Å². The fourth-order valence-corrected chi connectivity index (χ4v) is 3.98. The first-order valence-corrected chi connectivity index (χ1v) is 10.2. The predicted octanol–water partition coefficient (Wildman–Crippen LogP) is 4.34. The van der Waals surface area contributed by atoms with Gasteiger partial charge in [0.25, 0.3) is 5.92 Å². The van der Waals surface area contributed by atoms with Crippen LogP contribution in [0.25, 0.3) is 22.7 Å². The van der Waals surface area contributed by atoms with Crippen molar-refractivity contribution in [3.63, 3.8) is 0 Å². The molecule has 0 saturated carbocycles. The Morgan fingerprint density at radius 1 is 1.00 bits per heavy atom. The lowest BCUT2D eigenvalue weighted by Gasteiger charge is -2.15. The smallest absolute Gasteiger partial charge is 0.310 e. The maximum absolute atomic E-state index is 13.6. The number of halogens is 5. The van der Waals surface area contributed by atoms with Crippen molar-refractivity contribution in [1.29, 1.82) is 0 Å². The molecule has 3 aromatic rings. The fourth-order valence-electron chi connectivity index (χ4n) is 2.77. The number of sulfone groups is 1. The van der Waals surface area contributed by atoms with Crippen molar-refractivity contribution in [3.8, 4) is 11.5 Å². The topological polar surface area (TPSA) is 77.7 Å². The molecule has 0 aliphatic carbocycles. The van der Waals surface area contributed by atoms with Gasteiger partial charge < -0.3 is 4.57 Å². The van der Waals surface area contributed by atoms with Crippen molar-refractivity contribution in [2.24, 2.45) is 7.05 Å². The highest BCUT2D eigenvalue weighted by Gasteiger charge is 2.35. The molecule has 0 amide bonds. The van der Waals surface area contributed by atoms with E-state index in [9.17, 15) is 30.4 Å². The number of imidazole rings is 1. The second-order valence-corrected chi connectivity index (χ2v) is 9.58. The Bertz CT molecular complexity index is 1230. The van der Waals surface area contributed by atoms with E-state index in [2.05, 4.69) is 15.0 Å². The normalized spacial score (nSPS) is 13.4. The van der Waals surface area contributed by atoms with Crippen LogP contribution < -0.4 is 0 Å². The van der Waals surface area contributed by atoms with E-state index in [0.717, 1.165) is 12.3 Å². The molecular formula is C18H17F5N4O2S. The van der Waals surface area contributed by atoms with E-state index >= 15 is 0 Å². The van der Waals surface area contributed by atoms with Gasteiger partial charge in [-0.2, -0.15) is 13.2 Å². The number of aromatic nitrogens is 4. The molecule has 162 valence electrons. The molecule has 0 atom stereocenters. The minimum Gasteiger partial charge on any atom is -0.310 e. The van der Waals surface area contributed by atoms with Crippen LogP contribution in [0.4, 0.5) is 22.0 Å². The highest BCUT2D eigenvalue weighted by atomic mass is 32.2. The lowest BCUT2D eigenvalue weighted by atomic mass is 10.2. The van der Waals surface area contributed by atoms with Crippen molar-refractivity contribution >= 4 is 21.0 Å². The molecule has 0 N–H and O–H groups in total. The summed E-state index contributed by atoms with van der Waals surface area (Å²) in [7, 11) is -2.74. The van der Waals surface area contributed by atoms with E-state index in [-0.39, 0.29) is 22.7 Å². The zero-order valence-corrected chi connectivity index (χ0v) is 17.1. The Hall–Kier alpha value is -2.63. The molecule has 0 saturated heterocycles. The molecule has 0 aliphatic rings. The van der Waals surface area contributed by atoms with Crippen molar-refractivity contribution in [1.82, 2.24) is 19.5 Å². The molecule has 0 fully saturated rings. The number of hydrogen-bond acceptors (Lipinski definition) is 5. The van der Waals surface area contributed by atoms with E-state index in [1.54, 1.807) is 0 Å². The second kappa shape index (κ2) is 6.96. The quantitative estimate of drug-likeness (QED) is 0.555. The van der Waals surface area contributed by atoms with E-state index in [0.29, 0.717) is 19.2 Å². The maximum Gasteiger partial charge on any atom is 0.417 e. The molecule has 0 bridgehead atoms. The van der Waals surface area contributed by atoms with Crippen LogP contribution >= 0.6 is 0 Å². The molecular weight excluding hydrogens is 431 g/mol. The van der Waals surface area contributed by atoms with E-state index in [4.69, 9.17) is 0 Å². The Morgan fingerprint density at radius 2 is 1.60 bits per heavy atom. The monoisotopic (exact) mass is 448 g/mol. The van der Waals surface area contributed by atoms with Crippen molar-refractivity contribution in [3.05, 3.63) is 35.7 Å². The summed E-state index contributed by atoms with van der Waals surface area (Å²) in [6.45, 7) is 3.33. The Balaban J connectivity index is 2.32. The molecule has 30 heavy (non-hydrogen) atoms. The van der Waals surface area contributed by atoms with Gasteiger partial charge in [-0.15, -0.1) is 0 Å². The molecule has 3 rings (SSSR count). The molecule has 12 heteroatoms. The lowest BCUT2D eigenvalue weighted by Crippen LogP contribution is -2.18. The molecule has 6 nitrogen and oxygen atoms in total. The molecule has 3 heterocycles. The summed E-state index contributed by atoms with van der Waals surface area (Å²) in [5.41, 5.74) is -1.78. The molecule has 0 aromatic carbocycles. The Kier molecular flexibility index (Phi) is 5.12. The first kappa shape index (κ1) is 22.1. The minimum atomic E-state index is -4.80. The van der Waals surface area contributed by atoms with Crippen LogP contribution in [-0.2, 0) is 29.0 Å².